The van der Waals surface area contributed by atoms with E-state index in [0.717, 1.165) is 0 Å². The molecule has 0 radical (unpaired) electrons. The number of hydrogen-bond acceptors (Lipinski definition) is 3. The normalized spacial score (nSPS) is 10.9. The summed E-state index contributed by atoms with van der Waals surface area (Å²) in [5.41, 5.74) is 1.39. The molecule has 2 amide bonds. The molecule has 0 saturated heterocycles. The molecule has 5 nitrogen and oxygen atoms in total. The summed E-state index contributed by atoms with van der Waals surface area (Å²) in [4.78, 5) is 26.4. The van der Waals surface area contributed by atoms with Crippen LogP contribution in [0.2, 0.25) is 0 Å². The molecule has 2 aromatic rings. The number of rotatable bonds is 4. The number of halogens is 3. The Kier molecular flexibility index (Phi) is 4.95. The van der Waals surface area contributed by atoms with E-state index in [0.29, 0.717) is 16.8 Å². The molecular weight excluding hydrogens is 311 g/mol. The van der Waals surface area contributed by atoms with Crippen LogP contribution in [-0.2, 0) is 11.3 Å². The lowest BCUT2D eigenvalue weighted by Gasteiger charge is -2.09. The minimum absolute atomic E-state index is 0.253. The fourth-order valence-corrected chi connectivity index (χ4v) is 1.70. The summed E-state index contributed by atoms with van der Waals surface area (Å²) >= 11 is 0. The highest BCUT2D eigenvalue weighted by Crippen LogP contribution is 2.15. The van der Waals surface area contributed by atoms with Gasteiger partial charge in [-0.1, -0.05) is 12.1 Å². The van der Waals surface area contributed by atoms with Crippen molar-refractivity contribution in [1.82, 2.24) is 10.3 Å². The quantitative estimate of drug-likeness (QED) is 0.908. The molecule has 1 heterocycles. The van der Waals surface area contributed by atoms with E-state index in [4.69, 9.17) is 0 Å². The maximum absolute atomic E-state index is 12.1. The van der Waals surface area contributed by atoms with Crippen LogP contribution in [0.15, 0.2) is 48.8 Å². The van der Waals surface area contributed by atoms with Crippen LogP contribution in [0.4, 0.5) is 18.9 Å². The Labute approximate surface area is 129 Å². The van der Waals surface area contributed by atoms with Gasteiger partial charge < -0.3 is 10.6 Å². The molecule has 1 aromatic heterocycles. The molecule has 8 heteroatoms. The van der Waals surface area contributed by atoms with E-state index in [1.807, 2.05) is 0 Å². The second-order valence-electron chi connectivity index (χ2n) is 4.57. The summed E-state index contributed by atoms with van der Waals surface area (Å²) in [5.74, 6) is -2.32. The van der Waals surface area contributed by atoms with Gasteiger partial charge in [0.25, 0.3) is 5.91 Å². The highest BCUT2D eigenvalue weighted by atomic mass is 19.4. The van der Waals surface area contributed by atoms with Crippen LogP contribution in [0, 0.1) is 0 Å². The van der Waals surface area contributed by atoms with Crippen molar-refractivity contribution in [3.8, 4) is 0 Å². The Bertz CT molecular complexity index is 685. The Morgan fingerprint density at radius 2 is 1.61 bits per heavy atom. The van der Waals surface area contributed by atoms with Crippen LogP contribution in [0.25, 0.3) is 0 Å². The molecule has 0 fully saturated rings. The van der Waals surface area contributed by atoms with Crippen molar-refractivity contribution in [3.63, 3.8) is 0 Å². The van der Waals surface area contributed by atoms with E-state index in [2.05, 4.69) is 10.3 Å². The lowest BCUT2D eigenvalue weighted by molar-refractivity contribution is -0.173. The molecule has 23 heavy (non-hydrogen) atoms. The molecule has 0 spiro atoms. The van der Waals surface area contributed by atoms with Crippen molar-refractivity contribution in [2.75, 3.05) is 5.32 Å². The zero-order valence-electron chi connectivity index (χ0n) is 11.7. The minimum atomic E-state index is -4.90. The average molecular weight is 323 g/mol. The van der Waals surface area contributed by atoms with Gasteiger partial charge in [0.2, 0.25) is 0 Å². The average Bonchev–Trinajstić information content (AvgIpc) is 2.53. The van der Waals surface area contributed by atoms with Crippen LogP contribution < -0.4 is 10.6 Å². The van der Waals surface area contributed by atoms with Crippen molar-refractivity contribution in [2.24, 2.45) is 0 Å². The number of aromatic nitrogens is 1. The standard InChI is InChI=1S/C15H12F3N3O2/c16-15(17,18)14(23)20-9-10-1-3-12(4-2-10)21-13(22)11-5-7-19-8-6-11/h1-8H,9H2,(H,20,23)(H,21,22). The van der Waals surface area contributed by atoms with Gasteiger partial charge in [-0.2, -0.15) is 13.2 Å². The molecule has 2 N–H and O–H groups in total. The van der Waals surface area contributed by atoms with Crippen molar-refractivity contribution >= 4 is 17.5 Å². The second-order valence-corrected chi connectivity index (χ2v) is 4.57. The van der Waals surface area contributed by atoms with Gasteiger partial charge in [-0.25, -0.2) is 0 Å². The number of carbonyl (C=O) groups is 2. The van der Waals surface area contributed by atoms with E-state index < -0.39 is 12.1 Å². The number of pyridine rings is 1. The summed E-state index contributed by atoms with van der Waals surface area (Å²) in [6, 6.07) is 9.20. The lowest BCUT2D eigenvalue weighted by Crippen LogP contribution is -2.36. The zero-order chi connectivity index (χ0) is 16.9. The summed E-state index contributed by atoms with van der Waals surface area (Å²) in [5, 5.41) is 4.41. The Hall–Kier alpha value is -2.90. The number of carbonyl (C=O) groups excluding carboxylic acids is 2. The van der Waals surface area contributed by atoms with E-state index in [1.165, 1.54) is 36.7 Å². The van der Waals surface area contributed by atoms with Gasteiger partial charge >= 0.3 is 12.1 Å². The third-order valence-electron chi connectivity index (χ3n) is 2.86. The number of alkyl halides is 3. The van der Waals surface area contributed by atoms with Crippen LogP contribution in [0.5, 0.6) is 0 Å². The van der Waals surface area contributed by atoms with E-state index in [9.17, 15) is 22.8 Å². The Morgan fingerprint density at radius 3 is 2.17 bits per heavy atom. The molecule has 120 valence electrons. The van der Waals surface area contributed by atoms with Crippen molar-refractivity contribution in [2.45, 2.75) is 12.7 Å². The number of amides is 2. The van der Waals surface area contributed by atoms with Gasteiger partial charge in [-0.3, -0.25) is 14.6 Å². The topological polar surface area (TPSA) is 71.1 Å². The van der Waals surface area contributed by atoms with Gasteiger partial charge in [-0.05, 0) is 29.8 Å². The lowest BCUT2D eigenvalue weighted by atomic mass is 10.2. The summed E-state index contributed by atoms with van der Waals surface area (Å²) < 4.78 is 36.2. The van der Waals surface area contributed by atoms with E-state index in [-0.39, 0.29) is 12.5 Å². The molecule has 0 saturated carbocycles. The monoisotopic (exact) mass is 323 g/mol. The molecular formula is C15H12F3N3O2. The fraction of sp³-hybridized carbons (Fsp3) is 0.133. The number of nitrogens with one attached hydrogen (secondary N) is 2. The van der Waals surface area contributed by atoms with Crippen molar-refractivity contribution in [3.05, 3.63) is 59.9 Å². The first-order chi connectivity index (χ1) is 10.9. The van der Waals surface area contributed by atoms with Crippen LogP contribution >= 0.6 is 0 Å². The van der Waals surface area contributed by atoms with Gasteiger partial charge in [-0.15, -0.1) is 0 Å². The second kappa shape index (κ2) is 6.91. The predicted molar refractivity (Wildman–Crippen MR) is 76.5 cm³/mol. The van der Waals surface area contributed by atoms with Gasteiger partial charge in [0.15, 0.2) is 0 Å². The van der Waals surface area contributed by atoms with Crippen molar-refractivity contribution in [1.29, 1.82) is 0 Å². The molecule has 0 atom stereocenters. The SMILES string of the molecule is O=C(Nc1ccc(CNC(=O)C(F)(F)F)cc1)c1ccncc1. The zero-order valence-corrected chi connectivity index (χ0v) is 11.7. The maximum Gasteiger partial charge on any atom is 0.471 e. The molecule has 0 bridgehead atoms. The van der Waals surface area contributed by atoms with E-state index in [1.54, 1.807) is 17.4 Å². The maximum atomic E-state index is 12.1. The first-order valence-corrected chi connectivity index (χ1v) is 6.51. The predicted octanol–water partition coefficient (Wildman–Crippen LogP) is 2.51. The summed E-state index contributed by atoms with van der Waals surface area (Å²) in [6.07, 6.45) is -1.93. The van der Waals surface area contributed by atoms with Crippen LogP contribution in [0.1, 0.15) is 15.9 Å². The Balaban J connectivity index is 1.92. The number of nitrogens with zero attached hydrogens (tertiary/aromatic N) is 1. The fourth-order valence-electron chi connectivity index (χ4n) is 1.70. The molecule has 0 aliphatic rings. The molecule has 0 aliphatic heterocycles. The summed E-state index contributed by atoms with van der Waals surface area (Å²) in [7, 11) is 0. The van der Waals surface area contributed by atoms with Gasteiger partial charge in [0, 0.05) is 30.2 Å². The van der Waals surface area contributed by atoms with E-state index >= 15 is 0 Å². The summed E-state index contributed by atoms with van der Waals surface area (Å²) in [6.45, 7) is -0.253. The van der Waals surface area contributed by atoms with Crippen LogP contribution in [-0.4, -0.2) is 23.0 Å². The third kappa shape index (κ3) is 4.80. The molecule has 2 rings (SSSR count). The van der Waals surface area contributed by atoms with Crippen LogP contribution in [0.3, 0.4) is 0 Å². The van der Waals surface area contributed by atoms with Gasteiger partial charge in [0.05, 0.1) is 0 Å². The highest BCUT2D eigenvalue weighted by molar-refractivity contribution is 6.04. The number of hydrogen-bond donors (Lipinski definition) is 2. The van der Waals surface area contributed by atoms with Gasteiger partial charge in [0.1, 0.15) is 0 Å². The molecule has 1 aromatic carbocycles. The number of anilines is 1. The third-order valence-corrected chi connectivity index (χ3v) is 2.86. The molecule has 0 aliphatic carbocycles. The first kappa shape index (κ1) is 16.5. The smallest absolute Gasteiger partial charge is 0.344 e. The first-order valence-electron chi connectivity index (χ1n) is 6.51. The number of benzene rings is 1. The highest BCUT2D eigenvalue weighted by Gasteiger charge is 2.38. The Morgan fingerprint density at radius 1 is 1.00 bits per heavy atom. The minimum Gasteiger partial charge on any atom is -0.344 e. The molecule has 0 unspecified atom stereocenters. The van der Waals surface area contributed by atoms with Crippen molar-refractivity contribution < 1.29 is 22.8 Å². The largest absolute Gasteiger partial charge is 0.471 e.